The minimum Gasteiger partial charge on any atom is -0.310 e. The maximum Gasteiger partial charge on any atom is 0.280 e. The number of aromatic nitrogens is 6. The van der Waals surface area contributed by atoms with Crippen molar-refractivity contribution < 1.29 is 0 Å². The molecule has 1 aliphatic rings. The third kappa shape index (κ3) is 2.22. The van der Waals surface area contributed by atoms with E-state index in [-0.39, 0.29) is 11.6 Å². The van der Waals surface area contributed by atoms with E-state index < -0.39 is 0 Å². The highest BCUT2D eigenvalue weighted by Gasteiger charge is 2.29. The fraction of sp³-hybridized carbons (Fsp3) is 0.588. The monoisotopic (exact) mass is 326 g/mol. The van der Waals surface area contributed by atoms with E-state index in [0.717, 1.165) is 19.3 Å². The molecule has 0 bridgehead atoms. The van der Waals surface area contributed by atoms with E-state index in [1.807, 2.05) is 23.8 Å². The Morgan fingerprint density at radius 3 is 2.88 bits per heavy atom. The number of hydrogen-bond donors (Lipinski definition) is 0. The lowest BCUT2D eigenvalue weighted by molar-refractivity contribution is 0.183. The summed E-state index contributed by atoms with van der Waals surface area (Å²) in [4.78, 5) is 17.3. The van der Waals surface area contributed by atoms with Crippen LogP contribution < -0.4 is 5.56 Å². The molecule has 3 unspecified atom stereocenters. The van der Waals surface area contributed by atoms with E-state index in [4.69, 9.17) is 0 Å². The largest absolute Gasteiger partial charge is 0.310 e. The molecule has 1 fully saturated rings. The van der Waals surface area contributed by atoms with Crippen LogP contribution in [0.3, 0.4) is 0 Å². The molecule has 0 radical (unpaired) electrons. The average Bonchev–Trinajstić information content (AvgIpc) is 3.02. The molecular formula is C17H22N6O. The summed E-state index contributed by atoms with van der Waals surface area (Å²) in [5.74, 6) is 2.25. The normalized spacial score (nSPS) is 24.7. The van der Waals surface area contributed by atoms with Gasteiger partial charge >= 0.3 is 0 Å². The Balaban J connectivity index is 1.89. The summed E-state index contributed by atoms with van der Waals surface area (Å²) in [6, 6.07) is 2.14. The van der Waals surface area contributed by atoms with Gasteiger partial charge in [0, 0.05) is 18.7 Å². The highest BCUT2D eigenvalue weighted by molar-refractivity contribution is 5.74. The Kier molecular flexibility index (Phi) is 3.58. The zero-order valence-electron chi connectivity index (χ0n) is 14.3. The summed E-state index contributed by atoms with van der Waals surface area (Å²) >= 11 is 0. The summed E-state index contributed by atoms with van der Waals surface area (Å²) in [6.07, 6.45) is 6.04. The zero-order chi connectivity index (χ0) is 16.8. The number of aryl methyl sites for hydroxylation is 1. The average molecular weight is 326 g/mol. The van der Waals surface area contributed by atoms with Crippen LogP contribution in [-0.2, 0) is 6.42 Å². The van der Waals surface area contributed by atoms with E-state index >= 15 is 0 Å². The van der Waals surface area contributed by atoms with Crippen LogP contribution in [0.15, 0.2) is 17.1 Å². The molecule has 0 aliphatic heterocycles. The van der Waals surface area contributed by atoms with Crippen LogP contribution in [0, 0.1) is 11.8 Å². The minimum absolute atomic E-state index is 0.0820. The molecule has 7 nitrogen and oxygen atoms in total. The van der Waals surface area contributed by atoms with Crippen LogP contribution in [0.4, 0.5) is 0 Å². The predicted octanol–water partition coefficient (Wildman–Crippen LogP) is 2.39. The second kappa shape index (κ2) is 5.65. The van der Waals surface area contributed by atoms with Crippen molar-refractivity contribution >= 4 is 16.8 Å². The molecule has 126 valence electrons. The molecule has 24 heavy (non-hydrogen) atoms. The molecule has 3 heterocycles. The Morgan fingerprint density at radius 2 is 2.08 bits per heavy atom. The van der Waals surface area contributed by atoms with Crippen LogP contribution >= 0.6 is 0 Å². The van der Waals surface area contributed by atoms with Crippen molar-refractivity contribution in [3.63, 3.8) is 0 Å². The van der Waals surface area contributed by atoms with E-state index in [9.17, 15) is 4.79 Å². The van der Waals surface area contributed by atoms with Gasteiger partial charge in [-0.1, -0.05) is 33.6 Å². The molecule has 3 aromatic heterocycles. The highest BCUT2D eigenvalue weighted by Crippen LogP contribution is 2.36. The van der Waals surface area contributed by atoms with Crippen molar-refractivity contribution in [2.45, 2.75) is 52.5 Å². The fourth-order valence-corrected chi connectivity index (χ4v) is 3.82. The highest BCUT2D eigenvalue weighted by atomic mass is 16.1. The van der Waals surface area contributed by atoms with Crippen molar-refractivity contribution in [3.8, 4) is 0 Å². The summed E-state index contributed by atoms with van der Waals surface area (Å²) in [5.41, 5.74) is 0.953. The standard InChI is InChI=1S/C17H22N6O/c1-4-14-18-17-20-19-15-13(23(17)21-14)8-9-22(16(15)24)12-7-5-6-10(2)11(12)3/h8-12H,4-7H2,1-3H3. The smallest absolute Gasteiger partial charge is 0.280 e. The van der Waals surface area contributed by atoms with Crippen molar-refractivity contribution in [2.75, 3.05) is 0 Å². The first kappa shape index (κ1) is 15.2. The van der Waals surface area contributed by atoms with E-state index in [0.29, 0.717) is 34.5 Å². The Morgan fingerprint density at radius 1 is 1.25 bits per heavy atom. The molecule has 0 N–H and O–H groups in total. The first-order valence-electron chi connectivity index (χ1n) is 8.73. The van der Waals surface area contributed by atoms with Gasteiger partial charge in [0.25, 0.3) is 11.3 Å². The maximum absolute atomic E-state index is 13.0. The van der Waals surface area contributed by atoms with Crippen LogP contribution in [-0.4, -0.2) is 29.4 Å². The van der Waals surface area contributed by atoms with Crippen molar-refractivity contribution in [1.29, 1.82) is 0 Å². The Bertz CT molecular complexity index is 959. The topological polar surface area (TPSA) is 78.0 Å². The Hall–Kier alpha value is -2.31. The van der Waals surface area contributed by atoms with Crippen molar-refractivity contribution in [2.24, 2.45) is 11.8 Å². The molecule has 0 aromatic carbocycles. The van der Waals surface area contributed by atoms with Gasteiger partial charge in [0.2, 0.25) is 0 Å². The predicted molar refractivity (Wildman–Crippen MR) is 90.9 cm³/mol. The second-order valence-corrected chi connectivity index (χ2v) is 6.89. The third-order valence-electron chi connectivity index (χ3n) is 5.51. The second-order valence-electron chi connectivity index (χ2n) is 6.89. The Labute approximate surface area is 139 Å². The molecule has 4 rings (SSSR count). The minimum atomic E-state index is -0.0820. The third-order valence-corrected chi connectivity index (χ3v) is 5.51. The molecule has 7 heteroatoms. The van der Waals surface area contributed by atoms with Gasteiger partial charge in [-0.3, -0.25) is 4.79 Å². The van der Waals surface area contributed by atoms with Crippen LogP contribution in [0.25, 0.3) is 16.8 Å². The number of rotatable bonds is 2. The molecule has 0 saturated heterocycles. The van der Waals surface area contributed by atoms with Gasteiger partial charge in [-0.2, -0.15) is 9.50 Å². The first-order chi connectivity index (χ1) is 11.6. The quantitative estimate of drug-likeness (QED) is 0.722. The maximum atomic E-state index is 13.0. The molecule has 0 spiro atoms. The van der Waals surface area contributed by atoms with Crippen LogP contribution in [0.5, 0.6) is 0 Å². The number of fused-ring (bicyclic) bond motifs is 3. The lowest BCUT2D eigenvalue weighted by Gasteiger charge is -2.35. The van der Waals surface area contributed by atoms with Crippen LogP contribution in [0.2, 0.25) is 0 Å². The number of hydrogen-bond acceptors (Lipinski definition) is 5. The summed E-state index contributed by atoms with van der Waals surface area (Å²) in [7, 11) is 0. The van der Waals surface area contributed by atoms with Gasteiger partial charge in [-0.25, -0.2) is 0 Å². The lowest BCUT2D eigenvalue weighted by Crippen LogP contribution is -2.34. The molecular weight excluding hydrogens is 304 g/mol. The summed E-state index contributed by atoms with van der Waals surface area (Å²) in [6.45, 7) is 6.50. The SMILES string of the molecule is CCc1nc2nnc3c(=O)n(C4CCCC(C)C4C)ccc3n2n1. The van der Waals surface area contributed by atoms with Gasteiger partial charge in [-0.15, -0.1) is 15.3 Å². The van der Waals surface area contributed by atoms with Crippen molar-refractivity contribution in [3.05, 3.63) is 28.4 Å². The molecule has 3 atom stereocenters. The summed E-state index contributed by atoms with van der Waals surface area (Å²) < 4.78 is 3.47. The van der Waals surface area contributed by atoms with E-state index in [1.54, 1.807) is 4.52 Å². The van der Waals surface area contributed by atoms with Gasteiger partial charge in [0.05, 0.1) is 0 Å². The molecule has 0 amide bonds. The molecule has 3 aromatic rings. The van der Waals surface area contributed by atoms with Gasteiger partial charge < -0.3 is 4.57 Å². The first-order valence-corrected chi connectivity index (χ1v) is 8.73. The van der Waals surface area contributed by atoms with Gasteiger partial charge in [0.1, 0.15) is 5.52 Å². The summed E-state index contributed by atoms with van der Waals surface area (Å²) in [5, 5.41) is 12.7. The number of pyridine rings is 1. The zero-order valence-corrected chi connectivity index (χ0v) is 14.3. The fourth-order valence-electron chi connectivity index (χ4n) is 3.82. The lowest BCUT2D eigenvalue weighted by atomic mass is 9.78. The van der Waals surface area contributed by atoms with Crippen LogP contribution in [0.1, 0.15) is 51.9 Å². The van der Waals surface area contributed by atoms with E-state index in [2.05, 4.69) is 34.1 Å². The van der Waals surface area contributed by atoms with Gasteiger partial charge in [0.15, 0.2) is 11.3 Å². The number of nitrogens with zero attached hydrogens (tertiary/aromatic N) is 6. The molecule has 1 aliphatic carbocycles. The van der Waals surface area contributed by atoms with Crippen molar-refractivity contribution in [1.82, 2.24) is 29.4 Å². The van der Waals surface area contributed by atoms with E-state index in [1.165, 1.54) is 6.42 Å². The van der Waals surface area contributed by atoms with Gasteiger partial charge in [-0.05, 0) is 24.3 Å². The molecule has 1 saturated carbocycles.